The third-order valence-electron chi connectivity index (χ3n) is 3.43. The summed E-state index contributed by atoms with van der Waals surface area (Å²) in [5.74, 6) is -0.468. The lowest BCUT2D eigenvalue weighted by atomic mass is 10.0. The Hall–Kier alpha value is -2.17. The molecule has 1 aliphatic rings. The van der Waals surface area contributed by atoms with Crippen molar-refractivity contribution in [1.82, 2.24) is 0 Å². The van der Waals surface area contributed by atoms with E-state index in [2.05, 4.69) is 4.99 Å². The lowest BCUT2D eigenvalue weighted by Crippen LogP contribution is -2.34. The van der Waals surface area contributed by atoms with Gasteiger partial charge in [-0.1, -0.05) is 41.9 Å². The number of anilines is 1. The van der Waals surface area contributed by atoms with E-state index < -0.39 is 12.1 Å². The average Bonchev–Trinajstić information content (AvgIpc) is 2.59. The number of hydrogen-bond donors (Lipinski definition) is 1. The maximum Gasteiger partial charge on any atom is 0.278 e. The third kappa shape index (κ3) is 2.44. The van der Waals surface area contributed by atoms with E-state index >= 15 is 0 Å². The maximum absolute atomic E-state index is 12.1. The lowest BCUT2D eigenvalue weighted by Gasteiger charge is -2.18. The quantitative estimate of drug-likeness (QED) is 0.879. The van der Waals surface area contributed by atoms with Crippen LogP contribution in [0.15, 0.2) is 53.5 Å². The molecule has 0 saturated heterocycles. The molecule has 0 aromatic heterocycles. The minimum atomic E-state index is -1.42. The topological polar surface area (TPSA) is 52.9 Å². The highest BCUT2D eigenvalue weighted by molar-refractivity contribution is 6.32. The molecule has 1 amide bonds. The smallest absolute Gasteiger partial charge is 0.278 e. The van der Waals surface area contributed by atoms with Crippen LogP contribution in [-0.2, 0) is 4.79 Å². The Morgan fingerprint density at radius 1 is 1.19 bits per heavy atom. The number of aliphatic imine (C=N–C) groups is 1. The van der Waals surface area contributed by atoms with E-state index in [1.165, 1.54) is 4.90 Å². The molecule has 1 heterocycles. The van der Waals surface area contributed by atoms with Crippen LogP contribution < -0.4 is 4.90 Å². The molecular weight excluding hydrogens is 288 g/mol. The zero-order valence-corrected chi connectivity index (χ0v) is 12.1. The first-order chi connectivity index (χ1) is 10.1. The predicted molar refractivity (Wildman–Crippen MR) is 82.9 cm³/mol. The Morgan fingerprint density at radius 3 is 2.62 bits per heavy atom. The molecule has 5 heteroatoms. The first kappa shape index (κ1) is 13.8. The van der Waals surface area contributed by atoms with Crippen LogP contribution in [0.4, 0.5) is 5.69 Å². The van der Waals surface area contributed by atoms with E-state index in [1.54, 1.807) is 25.2 Å². The SMILES string of the molecule is CN1C(=O)[C@@H](O)N=C(c2ccccc2)c2cc(Cl)ccc21. The van der Waals surface area contributed by atoms with E-state index in [-0.39, 0.29) is 0 Å². The molecule has 1 aliphatic heterocycles. The standard InChI is InChI=1S/C16H13ClN2O2/c1-19-13-8-7-11(17)9-12(13)14(18-15(20)16(19)21)10-5-3-2-4-6-10/h2-9,15,20H,1H3/t15-/m1/s1. The van der Waals surface area contributed by atoms with Crippen molar-refractivity contribution in [2.75, 3.05) is 11.9 Å². The number of hydrogen-bond acceptors (Lipinski definition) is 3. The van der Waals surface area contributed by atoms with Crippen molar-refractivity contribution in [2.45, 2.75) is 6.23 Å². The van der Waals surface area contributed by atoms with Gasteiger partial charge in [0.1, 0.15) is 0 Å². The van der Waals surface area contributed by atoms with Crippen LogP contribution in [0.3, 0.4) is 0 Å². The number of aliphatic hydroxyl groups is 1. The predicted octanol–water partition coefficient (Wildman–Crippen LogP) is 2.47. The molecule has 3 rings (SSSR count). The van der Waals surface area contributed by atoms with E-state index in [0.717, 1.165) is 11.1 Å². The van der Waals surface area contributed by atoms with Crippen molar-refractivity contribution >= 4 is 28.9 Å². The zero-order valence-electron chi connectivity index (χ0n) is 11.3. The summed E-state index contributed by atoms with van der Waals surface area (Å²) in [4.78, 5) is 17.7. The van der Waals surface area contributed by atoms with Crippen LogP contribution in [0.25, 0.3) is 0 Å². The summed E-state index contributed by atoms with van der Waals surface area (Å²) in [6, 6.07) is 14.6. The fraction of sp³-hybridized carbons (Fsp3) is 0.125. The Bertz CT molecular complexity index is 728. The largest absolute Gasteiger partial charge is 0.364 e. The third-order valence-corrected chi connectivity index (χ3v) is 3.66. The fourth-order valence-electron chi connectivity index (χ4n) is 2.36. The van der Waals surface area contributed by atoms with Crippen molar-refractivity contribution in [3.8, 4) is 0 Å². The summed E-state index contributed by atoms with van der Waals surface area (Å²) in [7, 11) is 1.61. The molecule has 2 aromatic carbocycles. The van der Waals surface area contributed by atoms with Crippen LogP contribution in [0.5, 0.6) is 0 Å². The van der Waals surface area contributed by atoms with Gasteiger partial charge in [-0.05, 0) is 18.2 Å². The van der Waals surface area contributed by atoms with Crippen LogP contribution in [0, 0.1) is 0 Å². The summed E-state index contributed by atoms with van der Waals surface area (Å²) in [6.45, 7) is 0. The molecule has 4 nitrogen and oxygen atoms in total. The molecule has 1 atom stereocenters. The Balaban J connectivity index is 2.27. The molecule has 21 heavy (non-hydrogen) atoms. The second kappa shape index (κ2) is 5.31. The normalized spacial score (nSPS) is 18.0. The molecule has 1 N–H and O–H groups in total. The second-order valence-corrected chi connectivity index (χ2v) is 5.21. The number of carbonyl (C=O) groups is 1. The minimum Gasteiger partial charge on any atom is -0.364 e. The Labute approximate surface area is 127 Å². The molecule has 0 unspecified atom stereocenters. The number of nitrogens with zero attached hydrogens (tertiary/aromatic N) is 2. The summed E-state index contributed by atoms with van der Waals surface area (Å²) < 4.78 is 0. The van der Waals surface area contributed by atoms with Gasteiger partial charge in [0.2, 0.25) is 6.23 Å². The molecular formula is C16H13ClN2O2. The monoisotopic (exact) mass is 300 g/mol. The van der Waals surface area contributed by atoms with E-state index in [9.17, 15) is 9.90 Å². The molecule has 0 aliphatic carbocycles. The van der Waals surface area contributed by atoms with Crippen molar-refractivity contribution in [1.29, 1.82) is 0 Å². The van der Waals surface area contributed by atoms with Gasteiger partial charge < -0.3 is 10.0 Å². The lowest BCUT2D eigenvalue weighted by molar-refractivity contribution is -0.125. The molecule has 0 fully saturated rings. The first-order valence-corrected chi connectivity index (χ1v) is 6.84. The van der Waals surface area contributed by atoms with Crippen LogP contribution in [-0.4, -0.2) is 30.0 Å². The number of amides is 1. The zero-order chi connectivity index (χ0) is 15.0. The van der Waals surface area contributed by atoms with Gasteiger partial charge in [-0.2, -0.15) is 0 Å². The number of fused-ring (bicyclic) bond motifs is 1. The van der Waals surface area contributed by atoms with Gasteiger partial charge in [0.05, 0.1) is 11.4 Å². The van der Waals surface area contributed by atoms with Crippen LogP contribution in [0.2, 0.25) is 5.02 Å². The van der Waals surface area contributed by atoms with Gasteiger partial charge in [0, 0.05) is 23.2 Å². The van der Waals surface area contributed by atoms with Gasteiger partial charge in [-0.25, -0.2) is 4.99 Å². The van der Waals surface area contributed by atoms with Gasteiger partial charge in [-0.15, -0.1) is 0 Å². The molecule has 2 aromatic rings. The Morgan fingerprint density at radius 2 is 1.90 bits per heavy atom. The van der Waals surface area contributed by atoms with Gasteiger partial charge in [0.25, 0.3) is 5.91 Å². The summed E-state index contributed by atoms with van der Waals surface area (Å²) in [6.07, 6.45) is -1.42. The number of rotatable bonds is 1. The van der Waals surface area contributed by atoms with Crippen molar-refractivity contribution in [3.63, 3.8) is 0 Å². The van der Waals surface area contributed by atoms with E-state index in [4.69, 9.17) is 11.6 Å². The molecule has 0 spiro atoms. The first-order valence-electron chi connectivity index (χ1n) is 6.46. The molecule has 106 valence electrons. The number of benzodiazepines with no additional fused rings is 1. The van der Waals surface area contributed by atoms with Gasteiger partial charge in [-0.3, -0.25) is 4.79 Å². The number of carbonyl (C=O) groups excluding carboxylic acids is 1. The summed E-state index contributed by atoms with van der Waals surface area (Å²) in [5.41, 5.74) is 2.77. The van der Waals surface area contributed by atoms with Crippen LogP contribution >= 0.6 is 11.6 Å². The summed E-state index contributed by atoms with van der Waals surface area (Å²) in [5, 5.41) is 10.5. The van der Waals surface area contributed by atoms with E-state index in [0.29, 0.717) is 16.4 Å². The molecule has 0 radical (unpaired) electrons. The maximum atomic E-state index is 12.1. The fourth-order valence-corrected chi connectivity index (χ4v) is 2.53. The highest BCUT2D eigenvalue weighted by Gasteiger charge is 2.28. The molecule has 0 bridgehead atoms. The van der Waals surface area contributed by atoms with Crippen molar-refractivity contribution < 1.29 is 9.90 Å². The minimum absolute atomic E-state index is 0.468. The Kier molecular flexibility index (Phi) is 3.49. The van der Waals surface area contributed by atoms with Crippen LogP contribution in [0.1, 0.15) is 11.1 Å². The molecule has 0 saturated carbocycles. The van der Waals surface area contributed by atoms with Crippen molar-refractivity contribution in [3.05, 3.63) is 64.7 Å². The highest BCUT2D eigenvalue weighted by atomic mass is 35.5. The average molecular weight is 301 g/mol. The number of likely N-dealkylation sites (N-methyl/N-ethyl adjacent to an activating group) is 1. The van der Waals surface area contributed by atoms with Gasteiger partial charge >= 0.3 is 0 Å². The highest BCUT2D eigenvalue weighted by Crippen LogP contribution is 2.29. The number of benzene rings is 2. The number of aliphatic hydroxyl groups excluding tert-OH is 1. The van der Waals surface area contributed by atoms with Gasteiger partial charge in [0.15, 0.2) is 0 Å². The van der Waals surface area contributed by atoms with E-state index in [1.807, 2.05) is 30.3 Å². The second-order valence-electron chi connectivity index (χ2n) is 4.78. The number of halogens is 1. The summed E-state index contributed by atoms with van der Waals surface area (Å²) >= 11 is 6.08. The van der Waals surface area contributed by atoms with Crippen molar-refractivity contribution in [2.24, 2.45) is 4.99 Å².